The predicted octanol–water partition coefficient (Wildman–Crippen LogP) is 5.35. The van der Waals surface area contributed by atoms with Crippen LogP contribution in [0.25, 0.3) is 28.1 Å². The summed E-state index contributed by atoms with van der Waals surface area (Å²) in [6, 6.07) is 18.9. The van der Waals surface area contributed by atoms with E-state index in [1.165, 1.54) is 6.92 Å². The molecule has 0 unspecified atom stereocenters. The lowest BCUT2D eigenvalue weighted by Crippen LogP contribution is -2.09. The molecule has 3 aromatic carbocycles. The molecule has 2 N–H and O–H groups in total. The quantitative estimate of drug-likeness (QED) is 0.310. The fourth-order valence-corrected chi connectivity index (χ4v) is 3.93. The molecule has 174 valence electrons. The van der Waals surface area contributed by atoms with Crippen molar-refractivity contribution in [1.82, 2.24) is 9.78 Å². The monoisotopic (exact) mass is 457 g/mol. The zero-order valence-corrected chi connectivity index (χ0v) is 19.9. The minimum Gasteiger partial charge on any atom is -0.497 e. The Labute approximate surface area is 198 Å². The molecular weight excluding hydrogens is 430 g/mol. The van der Waals surface area contributed by atoms with E-state index in [-0.39, 0.29) is 0 Å². The van der Waals surface area contributed by atoms with Crippen LogP contribution in [0.2, 0.25) is 0 Å². The number of nitrogens with two attached hydrogens (primary N) is 1. The topological polar surface area (TPSA) is 88.6 Å². The van der Waals surface area contributed by atoms with Gasteiger partial charge in [-0.25, -0.2) is 0 Å². The van der Waals surface area contributed by atoms with E-state index in [1.807, 2.05) is 50.2 Å². The van der Waals surface area contributed by atoms with Gasteiger partial charge in [0.05, 0.1) is 25.5 Å². The van der Waals surface area contributed by atoms with Gasteiger partial charge in [-0.2, -0.15) is 9.78 Å². The first-order valence-corrected chi connectivity index (χ1v) is 10.8. The van der Waals surface area contributed by atoms with Crippen molar-refractivity contribution in [3.63, 3.8) is 0 Å². The molecule has 7 heteroatoms. The van der Waals surface area contributed by atoms with E-state index in [0.29, 0.717) is 34.3 Å². The number of carbonyl (C=O) groups excluding carboxylic acids is 1. The van der Waals surface area contributed by atoms with Crippen LogP contribution in [0, 0.1) is 13.8 Å². The number of anilines is 1. The molecule has 0 bridgehead atoms. The molecule has 0 aliphatic carbocycles. The second-order valence-electron chi connectivity index (χ2n) is 8.01. The van der Waals surface area contributed by atoms with Crippen LogP contribution < -0.4 is 19.9 Å². The molecule has 0 aliphatic rings. The average molecular weight is 458 g/mol. The number of hydrogen-bond acceptors (Lipinski definition) is 6. The fraction of sp³-hybridized carbons (Fsp3) is 0.185. The van der Waals surface area contributed by atoms with Crippen molar-refractivity contribution in [2.45, 2.75) is 20.8 Å². The third kappa shape index (κ3) is 4.32. The Kier molecular flexibility index (Phi) is 6.27. The first-order valence-electron chi connectivity index (χ1n) is 10.8. The number of aryl methyl sites for hydroxylation is 2. The van der Waals surface area contributed by atoms with Gasteiger partial charge in [-0.3, -0.25) is 4.79 Å². The maximum Gasteiger partial charge on any atom is 0.309 e. The molecule has 0 radical (unpaired) electrons. The molecule has 4 aromatic rings. The van der Waals surface area contributed by atoms with Crippen LogP contribution in [0.4, 0.5) is 5.69 Å². The Balaban J connectivity index is 2.09. The SMILES string of the molecule is COc1ccc(-c2nn(-c3ccc(C)cc3C)c(OC(C)=O)c2-c2ccc(N)cc2)c(OC)c1. The summed E-state index contributed by atoms with van der Waals surface area (Å²) in [4.78, 5) is 12.2. The normalized spacial score (nSPS) is 10.7. The van der Waals surface area contributed by atoms with Crippen LogP contribution in [0.5, 0.6) is 17.4 Å². The van der Waals surface area contributed by atoms with Gasteiger partial charge >= 0.3 is 5.97 Å². The van der Waals surface area contributed by atoms with Gasteiger partial charge in [-0.15, -0.1) is 0 Å². The number of hydrogen-bond donors (Lipinski definition) is 1. The zero-order chi connectivity index (χ0) is 24.4. The number of rotatable bonds is 6. The van der Waals surface area contributed by atoms with E-state index < -0.39 is 5.97 Å². The van der Waals surface area contributed by atoms with E-state index in [9.17, 15) is 4.79 Å². The first kappa shape index (κ1) is 22.9. The number of carbonyl (C=O) groups is 1. The second-order valence-corrected chi connectivity index (χ2v) is 8.01. The van der Waals surface area contributed by atoms with Crippen molar-refractivity contribution in [3.05, 3.63) is 71.8 Å². The Morgan fingerprint density at radius 1 is 0.941 bits per heavy atom. The smallest absolute Gasteiger partial charge is 0.309 e. The number of esters is 1. The Hall–Kier alpha value is -4.26. The van der Waals surface area contributed by atoms with Gasteiger partial charge in [0, 0.05) is 24.2 Å². The van der Waals surface area contributed by atoms with Gasteiger partial charge < -0.3 is 19.9 Å². The molecule has 0 spiro atoms. The van der Waals surface area contributed by atoms with Crippen molar-refractivity contribution >= 4 is 11.7 Å². The highest BCUT2D eigenvalue weighted by molar-refractivity contribution is 5.89. The highest BCUT2D eigenvalue weighted by Crippen LogP contribution is 2.44. The van der Waals surface area contributed by atoms with Crippen molar-refractivity contribution < 1.29 is 19.0 Å². The molecule has 0 atom stereocenters. The molecule has 0 saturated heterocycles. The van der Waals surface area contributed by atoms with Gasteiger partial charge in [0.2, 0.25) is 5.88 Å². The summed E-state index contributed by atoms with van der Waals surface area (Å²) in [5.74, 6) is 1.10. The van der Waals surface area contributed by atoms with Gasteiger partial charge in [-0.05, 0) is 55.3 Å². The second kappa shape index (κ2) is 9.31. The van der Waals surface area contributed by atoms with E-state index in [1.54, 1.807) is 37.1 Å². The van der Waals surface area contributed by atoms with Crippen LogP contribution in [0.3, 0.4) is 0 Å². The minimum absolute atomic E-state index is 0.317. The fourth-order valence-electron chi connectivity index (χ4n) is 3.93. The number of nitrogens with zero attached hydrogens (tertiary/aromatic N) is 2. The largest absolute Gasteiger partial charge is 0.497 e. The van der Waals surface area contributed by atoms with Crippen molar-refractivity contribution in [1.29, 1.82) is 0 Å². The van der Waals surface area contributed by atoms with Crippen LogP contribution in [0.1, 0.15) is 18.1 Å². The molecule has 0 saturated carbocycles. The van der Waals surface area contributed by atoms with Gasteiger partial charge in [0.15, 0.2) is 0 Å². The Bertz CT molecular complexity index is 1360. The predicted molar refractivity (Wildman–Crippen MR) is 133 cm³/mol. The number of benzene rings is 3. The molecule has 0 fully saturated rings. The molecular formula is C27H27N3O4. The lowest BCUT2D eigenvalue weighted by molar-refractivity contribution is -0.132. The van der Waals surface area contributed by atoms with Crippen LogP contribution in [0.15, 0.2) is 60.7 Å². The van der Waals surface area contributed by atoms with E-state index in [2.05, 4.69) is 6.07 Å². The maximum absolute atomic E-state index is 12.2. The third-order valence-electron chi connectivity index (χ3n) is 5.53. The van der Waals surface area contributed by atoms with Gasteiger partial charge in [0.25, 0.3) is 0 Å². The standard InChI is InChI=1S/C27H27N3O4/c1-16-6-13-23(17(2)14-16)30-27(34-18(3)31)25(19-7-9-20(28)10-8-19)26(29-30)22-12-11-21(32-4)15-24(22)33-5/h6-15H,28H2,1-5H3. The molecule has 4 rings (SSSR count). The summed E-state index contributed by atoms with van der Waals surface area (Å²) >= 11 is 0. The highest BCUT2D eigenvalue weighted by atomic mass is 16.5. The van der Waals surface area contributed by atoms with Crippen LogP contribution >= 0.6 is 0 Å². The summed E-state index contributed by atoms with van der Waals surface area (Å²) in [5.41, 5.74) is 12.3. The van der Waals surface area contributed by atoms with Crippen molar-refractivity contribution in [2.75, 3.05) is 20.0 Å². The maximum atomic E-state index is 12.2. The summed E-state index contributed by atoms with van der Waals surface area (Å²) in [5, 5.41) is 4.94. The average Bonchev–Trinajstić information content (AvgIpc) is 3.17. The third-order valence-corrected chi connectivity index (χ3v) is 5.53. The Morgan fingerprint density at radius 2 is 1.68 bits per heavy atom. The van der Waals surface area contributed by atoms with Gasteiger partial charge in [0.1, 0.15) is 17.2 Å². The zero-order valence-electron chi connectivity index (χ0n) is 19.9. The first-order chi connectivity index (χ1) is 16.3. The minimum atomic E-state index is -0.448. The number of aromatic nitrogens is 2. The lowest BCUT2D eigenvalue weighted by atomic mass is 10.00. The number of methoxy groups -OCH3 is 2. The van der Waals surface area contributed by atoms with Crippen molar-refractivity contribution in [2.24, 2.45) is 0 Å². The van der Waals surface area contributed by atoms with Crippen LogP contribution in [-0.2, 0) is 4.79 Å². The van der Waals surface area contributed by atoms with E-state index >= 15 is 0 Å². The molecule has 0 amide bonds. The van der Waals surface area contributed by atoms with Crippen LogP contribution in [-0.4, -0.2) is 30.0 Å². The van der Waals surface area contributed by atoms with E-state index in [4.69, 9.17) is 25.0 Å². The Morgan fingerprint density at radius 3 is 2.29 bits per heavy atom. The number of ether oxygens (including phenoxy) is 3. The van der Waals surface area contributed by atoms with E-state index in [0.717, 1.165) is 27.9 Å². The van der Waals surface area contributed by atoms with Gasteiger partial charge in [-0.1, -0.05) is 29.8 Å². The molecule has 1 heterocycles. The highest BCUT2D eigenvalue weighted by Gasteiger charge is 2.27. The molecule has 34 heavy (non-hydrogen) atoms. The van der Waals surface area contributed by atoms with Crippen molar-refractivity contribution in [3.8, 4) is 45.5 Å². The summed E-state index contributed by atoms with van der Waals surface area (Å²) in [6.07, 6.45) is 0. The molecule has 7 nitrogen and oxygen atoms in total. The summed E-state index contributed by atoms with van der Waals surface area (Å²) in [7, 11) is 3.19. The summed E-state index contributed by atoms with van der Waals surface area (Å²) in [6.45, 7) is 5.40. The molecule has 0 aliphatic heterocycles. The number of nitrogen functional groups attached to an aromatic ring is 1. The molecule has 1 aromatic heterocycles. The lowest BCUT2D eigenvalue weighted by Gasteiger charge is -2.12. The summed E-state index contributed by atoms with van der Waals surface area (Å²) < 4.78 is 18.5.